The lowest BCUT2D eigenvalue weighted by atomic mass is 10.0. The number of nitrogens with zero attached hydrogens (tertiary/aromatic N) is 2. The highest BCUT2D eigenvalue weighted by molar-refractivity contribution is 5.70. The summed E-state index contributed by atoms with van der Waals surface area (Å²) < 4.78 is 14.0. The van der Waals surface area contributed by atoms with Crippen molar-refractivity contribution in [1.82, 2.24) is 9.97 Å². The molecule has 110 valence electrons. The van der Waals surface area contributed by atoms with Crippen LogP contribution >= 0.6 is 0 Å². The minimum Gasteiger partial charge on any atom is -0.368 e. The Bertz CT molecular complexity index is 843. The number of anilines is 1. The molecule has 0 aliphatic heterocycles. The number of halogens is 1. The topological polar surface area (TPSA) is 51.8 Å². The van der Waals surface area contributed by atoms with Crippen molar-refractivity contribution in [2.75, 3.05) is 5.73 Å². The van der Waals surface area contributed by atoms with E-state index >= 15 is 0 Å². The molecule has 3 nitrogen and oxygen atoms in total. The van der Waals surface area contributed by atoms with Gasteiger partial charge in [-0.2, -0.15) is 0 Å². The van der Waals surface area contributed by atoms with E-state index in [0.29, 0.717) is 17.0 Å². The molecule has 1 heterocycles. The second kappa shape index (κ2) is 5.56. The quantitative estimate of drug-likeness (QED) is 0.772. The Balaban J connectivity index is 2.14. The number of rotatable bonds is 2. The van der Waals surface area contributed by atoms with Crippen LogP contribution in [0.2, 0.25) is 0 Å². The number of benzene rings is 2. The highest BCUT2D eigenvalue weighted by atomic mass is 19.1. The van der Waals surface area contributed by atoms with Gasteiger partial charge in [0.15, 0.2) is 0 Å². The lowest BCUT2D eigenvalue weighted by molar-refractivity contribution is 0.630. The van der Waals surface area contributed by atoms with Gasteiger partial charge in [-0.3, -0.25) is 0 Å². The lowest BCUT2D eigenvalue weighted by Gasteiger charge is -2.08. The van der Waals surface area contributed by atoms with Crippen molar-refractivity contribution in [1.29, 1.82) is 0 Å². The summed E-state index contributed by atoms with van der Waals surface area (Å²) in [7, 11) is 0. The molecule has 0 amide bonds. The van der Waals surface area contributed by atoms with E-state index in [4.69, 9.17) is 5.73 Å². The molecular formula is C18H16FN3. The maximum atomic E-state index is 14.0. The largest absolute Gasteiger partial charge is 0.368 e. The highest BCUT2D eigenvalue weighted by Crippen LogP contribution is 2.27. The summed E-state index contributed by atoms with van der Waals surface area (Å²) in [6.45, 7) is 4.10. The van der Waals surface area contributed by atoms with Crippen LogP contribution in [-0.2, 0) is 0 Å². The molecule has 0 atom stereocenters. The molecule has 0 aliphatic carbocycles. The van der Waals surface area contributed by atoms with Gasteiger partial charge in [0.2, 0.25) is 5.95 Å². The summed E-state index contributed by atoms with van der Waals surface area (Å²) in [5, 5.41) is 0. The average Bonchev–Trinajstić information content (AvgIpc) is 2.50. The third-order valence-electron chi connectivity index (χ3n) is 3.70. The molecule has 4 heteroatoms. The van der Waals surface area contributed by atoms with Gasteiger partial charge in [-0.1, -0.05) is 24.3 Å². The van der Waals surface area contributed by atoms with Crippen molar-refractivity contribution in [3.63, 3.8) is 0 Å². The Morgan fingerprint density at radius 2 is 1.59 bits per heavy atom. The zero-order valence-corrected chi connectivity index (χ0v) is 12.5. The standard InChI is InChI=1S/C18H16FN3/c1-11-7-8-13(9-12(11)2)16-10-17(22-18(20)21-16)14-5-3-4-6-15(14)19/h3-10H,1-2H3,(H2,20,21,22). The maximum Gasteiger partial charge on any atom is 0.221 e. The van der Waals surface area contributed by atoms with Crippen molar-refractivity contribution < 1.29 is 4.39 Å². The number of nitrogens with two attached hydrogens (primary N) is 1. The van der Waals surface area contributed by atoms with Gasteiger partial charge in [0.1, 0.15) is 5.82 Å². The Kier molecular flexibility index (Phi) is 3.59. The average molecular weight is 293 g/mol. The van der Waals surface area contributed by atoms with Crippen molar-refractivity contribution in [2.45, 2.75) is 13.8 Å². The normalized spacial score (nSPS) is 10.7. The number of hydrogen-bond acceptors (Lipinski definition) is 3. The predicted octanol–water partition coefficient (Wildman–Crippen LogP) is 4.15. The van der Waals surface area contributed by atoms with Gasteiger partial charge in [0.25, 0.3) is 0 Å². The van der Waals surface area contributed by atoms with Crippen LogP contribution < -0.4 is 5.73 Å². The van der Waals surface area contributed by atoms with Gasteiger partial charge in [-0.15, -0.1) is 0 Å². The van der Waals surface area contributed by atoms with Gasteiger partial charge in [-0.05, 0) is 49.2 Å². The van der Waals surface area contributed by atoms with Gasteiger partial charge >= 0.3 is 0 Å². The minimum atomic E-state index is -0.327. The Labute approximate surface area is 128 Å². The van der Waals surface area contributed by atoms with Gasteiger partial charge < -0.3 is 5.73 Å². The van der Waals surface area contributed by atoms with E-state index in [-0.39, 0.29) is 11.8 Å². The Morgan fingerprint density at radius 1 is 0.864 bits per heavy atom. The molecule has 22 heavy (non-hydrogen) atoms. The molecule has 0 radical (unpaired) electrons. The summed E-state index contributed by atoms with van der Waals surface area (Å²) >= 11 is 0. The fourth-order valence-electron chi connectivity index (χ4n) is 2.32. The van der Waals surface area contributed by atoms with E-state index in [9.17, 15) is 4.39 Å². The molecule has 1 aromatic heterocycles. The van der Waals surface area contributed by atoms with Gasteiger partial charge in [0, 0.05) is 11.1 Å². The van der Waals surface area contributed by atoms with E-state index in [2.05, 4.69) is 16.9 Å². The highest BCUT2D eigenvalue weighted by Gasteiger charge is 2.10. The van der Waals surface area contributed by atoms with Crippen molar-refractivity contribution in [3.05, 3.63) is 65.5 Å². The van der Waals surface area contributed by atoms with Crippen molar-refractivity contribution >= 4 is 5.95 Å². The fourth-order valence-corrected chi connectivity index (χ4v) is 2.32. The predicted molar refractivity (Wildman–Crippen MR) is 86.7 cm³/mol. The summed E-state index contributed by atoms with van der Waals surface area (Å²) in [6, 6.07) is 14.3. The van der Waals surface area contributed by atoms with Crippen LogP contribution in [0.5, 0.6) is 0 Å². The monoisotopic (exact) mass is 293 g/mol. The first kappa shape index (κ1) is 14.2. The molecule has 3 aromatic rings. The summed E-state index contributed by atoms with van der Waals surface area (Å²) in [5.74, 6) is -0.194. The van der Waals surface area contributed by atoms with Crippen LogP contribution in [0.3, 0.4) is 0 Å². The van der Waals surface area contributed by atoms with Crippen LogP contribution in [0.15, 0.2) is 48.5 Å². The van der Waals surface area contributed by atoms with Gasteiger partial charge in [0.05, 0.1) is 11.4 Å². The minimum absolute atomic E-state index is 0.133. The maximum absolute atomic E-state index is 14.0. The lowest BCUT2D eigenvalue weighted by Crippen LogP contribution is -1.99. The molecule has 2 aromatic carbocycles. The van der Waals surface area contributed by atoms with Crippen molar-refractivity contribution in [2.24, 2.45) is 0 Å². The molecule has 0 unspecified atom stereocenters. The first-order valence-corrected chi connectivity index (χ1v) is 7.01. The summed E-state index contributed by atoms with van der Waals surface area (Å²) in [6.07, 6.45) is 0. The van der Waals surface area contributed by atoms with Crippen molar-refractivity contribution in [3.8, 4) is 22.5 Å². The zero-order chi connectivity index (χ0) is 15.7. The first-order valence-electron chi connectivity index (χ1n) is 7.01. The molecule has 3 rings (SSSR count). The smallest absolute Gasteiger partial charge is 0.221 e. The SMILES string of the molecule is Cc1ccc(-c2cc(-c3ccccc3F)nc(N)n2)cc1C. The Morgan fingerprint density at radius 3 is 2.32 bits per heavy atom. The second-order valence-corrected chi connectivity index (χ2v) is 5.28. The van der Waals surface area contributed by atoms with Crippen LogP contribution in [-0.4, -0.2) is 9.97 Å². The van der Waals surface area contributed by atoms with E-state index in [1.807, 2.05) is 25.1 Å². The van der Waals surface area contributed by atoms with E-state index in [1.165, 1.54) is 17.2 Å². The summed E-state index contributed by atoms with van der Waals surface area (Å²) in [4.78, 5) is 8.43. The third-order valence-corrected chi connectivity index (χ3v) is 3.70. The third kappa shape index (κ3) is 2.68. The number of aromatic nitrogens is 2. The van der Waals surface area contributed by atoms with Crippen LogP contribution in [0.4, 0.5) is 10.3 Å². The number of hydrogen-bond donors (Lipinski definition) is 1. The molecule has 0 fully saturated rings. The second-order valence-electron chi connectivity index (χ2n) is 5.28. The summed E-state index contributed by atoms with van der Waals surface area (Å²) in [5.41, 5.74) is 10.7. The van der Waals surface area contributed by atoms with Crippen LogP contribution in [0.25, 0.3) is 22.5 Å². The molecule has 0 spiro atoms. The Hall–Kier alpha value is -2.75. The molecule has 0 saturated heterocycles. The van der Waals surface area contributed by atoms with E-state index < -0.39 is 0 Å². The number of aryl methyl sites for hydroxylation is 2. The zero-order valence-electron chi connectivity index (χ0n) is 12.5. The fraction of sp³-hybridized carbons (Fsp3) is 0.111. The molecule has 0 bridgehead atoms. The molecule has 0 saturated carbocycles. The van der Waals surface area contributed by atoms with E-state index in [0.717, 1.165) is 5.56 Å². The van der Waals surface area contributed by atoms with Crippen LogP contribution in [0.1, 0.15) is 11.1 Å². The first-order chi connectivity index (χ1) is 10.5. The number of nitrogen functional groups attached to an aromatic ring is 1. The molecule has 0 aliphatic rings. The van der Waals surface area contributed by atoms with Crippen LogP contribution in [0, 0.1) is 19.7 Å². The molecular weight excluding hydrogens is 277 g/mol. The van der Waals surface area contributed by atoms with Gasteiger partial charge in [-0.25, -0.2) is 14.4 Å². The van der Waals surface area contributed by atoms with E-state index in [1.54, 1.807) is 24.3 Å². The molecule has 2 N–H and O–H groups in total.